The third-order valence-electron chi connectivity index (χ3n) is 7.05. The molecule has 0 saturated carbocycles. The fourth-order valence-corrected chi connectivity index (χ4v) is 7.30. The number of quaternary nitrogens is 1. The molecule has 0 radical (unpaired) electrons. The van der Waals surface area contributed by atoms with Crippen LogP contribution in [0.4, 0.5) is 11.5 Å². The summed E-state index contributed by atoms with van der Waals surface area (Å²) in [6.45, 7) is 3.81. The Morgan fingerprint density at radius 1 is 0.892 bits per heavy atom. The number of rotatable bonds is 8. The van der Waals surface area contributed by atoms with E-state index in [2.05, 4.69) is 52.4 Å². The molecule has 4 heterocycles. The van der Waals surface area contributed by atoms with E-state index in [1.807, 2.05) is 35.6 Å². The predicted molar refractivity (Wildman–Crippen MR) is 153 cm³/mol. The number of nitrogen functional groups attached to an aromatic ring is 1. The molecule has 0 unspecified atom stereocenters. The number of fused-ring (bicyclic) bond motifs is 1. The summed E-state index contributed by atoms with van der Waals surface area (Å²) in [7, 11) is 1.68. The molecule has 37 heavy (non-hydrogen) atoms. The van der Waals surface area contributed by atoms with Gasteiger partial charge in [-0.05, 0) is 48.0 Å². The zero-order valence-electron chi connectivity index (χ0n) is 20.7. The van der Waals surface area contributed by atoms with Gasteiger partial charge in [0.1, 0.15) is 42.5 Å². The summed E-state index contributed by atoms with van der Waals surface area (Å²) in [4.78, 5) is 12.4. The van der Waals surface area contributed by atoms with Crippen molar-refractivity contribution in [3.63, 3.8) is 0 Å². The Balaban J connectivity index is 1.21. The largest absolute Gasteiger partial charge is 0.497 e. The first-order valence-corrected chi connectivity index (χ1v) is 14.1. The van der Waals surface area contributed by atoms with Gasteiger partial charge in [-0.2, -0.15) is 0 Å². The van der Waals surface area contributed by atoms with E-state index in [0.29, 0.717) is 12.4 Å². The summed E-state index contributed by atoms with van der Waals surface area (Å²) in [5, 5.41) is 0. The Kier molecular flexibility index (Phi) is 6.54. The molecular weight excluding hydrogens is 500 g/mol. The maximum atomic E-state index is 6.19. The lowest BCUT2D eigenvalue weighted by atomic mass is 10.2. The van der Waals surface area contributed by atoms with Crippen molar-refractivity contribution in [1.82, 2.24) is 14.5 Å². The van der Waals surface area contributed by atoms with Gasteiger partial charge in [0.2, 0.25) is 0 Å². The van der Waals surface area contributed by atoms with E-state index in [4.69, 9.17) is 15.2 Å². The Morgan fingerprint density at radius 2 is 1.73 bits per heavy atom. The molecule has 1 aliphatic heterocycles. The van der Waals surface area contributed by atoms with Gasteiger partial charge in [-0.3, -0.25) is 4.48 Å². The number of methoxy groups -OCH3 is 1. The van der Waals surface area contributed by atoms with Gasteiger partial charge in [0.25, 0.3) is 0 Å². The Labute approximate surface area is 224 Å². The van der Waals surface area contributed by atoms with Crippen LogP contribution in [0, 0.1) is 0 Å². The minimum absolute atomic E-state index is 0.534. The second-order valence-electron chi connectivity index (χ2n) is 9.44. The van der Waals surface area contributed by atoms with Crippen molar-refractivity contribution in [1.29, 1.82) is 0 Å². The molecule has 0 amide bonds. The van der Waals surface area contributed by atoms with Gasteiger partial charge >= 0.3 is 0 Å². The third-order valence-corrected chi connectivity index (χ3v) is 9.47. The molecule has 188 valence electrons. The van der Waals surface area contributed by atoms with Crippen LogP contribution in [0.5, 0.6) is 11.5 Å². The standard InChI is InChI=1S/C29H29N4O2S2/c1-34-22-9-7-20(8-10-22)18-35-23-6-4-5-21(15-23)33(13-2-3-14-33)17-24-11-12-26(36-24)27-16-25-28(37-27)29(30)32-19-31-25/h4-12,15-16,19H,2-3,13-14,17-18H2,1H3,(H2,30,31,32)/q+1. The van der Waals surface area contributed by atoms with Crippen LogP contribution < -0.4 is 19.7 Å². The number of nitrogens with zero attached hydrogens (tertiary/aromatic N) is 3. The van der Waals surface area contributed by atoms with Crippen molar-refractivity contribution in [2.75, 3.05) is 25.9 Å². The summed E-state index contributed by atoms with van der Waals surface area (Å²) in [6.07, 6.45) is 4.01. The molecule has 0 aliphatic carbocycles. The van der Waals surface area contributed by atoms with E-state index >= 15 is 0 Å². The molecule has 2 N–H and O–H groups in total. The fraction of sp³-hybridized carbons (Fsp3) is 0.241. The van der Waals surface area contributed by atoms with Crippen LogP contribution in [-0.4, -0.2) is 30.2 Å². The molecule has 1 fully saturated rings. The Hall–Kier alpha value is -3.46. The first kappa shape index (κ1) is 23.9. The maximum absolute atomic E-state index is 6.19. The molecule has 8 heteroatoms. The van der Waals surface area contributed by atoms with Gasteiger partial charge in [-0.15, -0.1) is 22.7 Å². The second kappa shape index (κ2) is 10.1. The van der Waals surface area contributed by atoms with E-state index < -0.39 is 0 Å². The van der Waals surface area contributed by atoms with E-state index in [9.17, 15) is 0 Å². The Bertz CT molecular complexity index is 1520. The molecule has 0 spiro atoms. The molecule has 6 nitrogen and oxygen atoms in total. The monoisotopic (exact) mass is 529 g/mol. The smallest absolute Gasteiger partial charge is 0.144 e. The van der Waals surface area contributed by atoms with Crippen LogP contribution in [-0.2, 0) is 13.2 Å². The lowest BCUT2D eigenvalue weighted by molar-refractivity contribution is 0.300. The minimum atomic E-state index is 0.534. The van der Waals surface area contributed by atoms with E-state index in [-0.39, 0.29) is 0 Å². The number of thiophene rings is 2. The van der Waals surface area contributed by atoms with Crippen molar-refractivity contribution in [3.8, 4) is 21.3 Å². The summed E-state index contributed by atoms with van der Waals surface area (Å²) >= 11 is 3.53. The zero-order chi connectivity index (χ0) is 25.2. The van der Waals surface area contributed by atoms with E-state index in [0.717, 1.165) is 51.4 Å². The predicted octanol–water partition coefficient (Wildman–Crippen LogP) is 6.89. The summed E-state index contributed by atoms with van der Waals surface area (Å²) in [5.74, 6) is 2.32. The average Bonchev–Trinajstić information content (AvgIpc) is 3.69. The number of benzene rings is 2. The summed E-state index contributed by atoms with van der Waals surface area (Å²) in [6, 6.07) is 23.3. The highest BCUT2D eigenvalue weighted by Gasteiger charge is 2.35. The SMILES string of the molecule is COc1ccc(COc2cccc([N+]3(Cc4ccc(-c5cc6ncnc(N)c6s5)s4)CCCC3)c2)cc1. The van der Waals surface area contributed by atoms with Crippen LogP contribution in [0.15, 0.2) is 73.1 Å². The topological polar surface area (TPSA) is 70.3 Å². The molecule has 1 saturated heterocycles. The fourth-order valence-electron chi connectivity index (χ4n) is 5.09. The van der Waals surface area contributed by atoms with Crippen LogP contribution in [0.25, 0.3) is 20.0 Å². The molecule has 3 aromatic heterocycles. The molecule has 5 aromatic rings. The molecule has 0 atom stereocenters. The van der Waals surface area contributed by atoms with Crippen molar-refractivity contribution >= 4 is 44.4 Å². The molecule has 6 rings (SSSR count). The van der Waals surface area contributed by atoms with Crippen LogP contribution in [0.1, 0.15) is 23.3 Å². The first-order chi connectivity index (χ1) is 18.1. The minimum Gasteiger partial charge on any atom is -0.497 e. The van der Waals surface area contributed by atoms with Crippen LogP contribution in [0.3, 0.4) is 0 Å². The number of hydrogen-bond donors (Lipinski definition) is 1. The molecule has 1 aliphatic rings. The molecule has 0 bridgehead atoms. The highest BCUT2D eigenvalue weighted by molar-refractivity contribution is 7.26. The third kappa shape index (κ3) is 4.92. The van der Waals surface area contributed by atoms with E-state index in [1.54, 1.807) is 18.4 Å². The van der Waals surface area contributed by atoms with Crippen LogP contribution in [0.2, 0.25) is 0 Å². The number of hydrogen-bond acceptors (Lipinski definition) is 7. The maximum Gasteiger partial charge on any atom is 0.144 e. The second-order valence-corrected chi connectivity index (χ2v) is 11.7. The molecule has 2 aromatic carbocycles. The number of aromatic nitrogens is 2. The Morgan fingerprint density at radius 3 is 2.51 bits per heavy atom. The lowest BCUT2D eigenvalue weighted by Crippen LogP contribution is -2.45. The molecular formula is C29H29N4O2S2+. The highest BCUT2D eigenvalue weighted by Crippen LogP contribution is 2.40. The van der Waals surface area contributed by atoms with Crippen molar-refractivity contribution < 1.29 is 9.47 Å². The van der Waals surface area contributed by atoms with Gasteiger partial charge in [-0.1, -0.05) is 18.2 Å². The quantitative estimate of drug-likeness (QED) is 0.222. The van der Waals surface area contributed by atoms with Crippen molar-refractivity contribution in [3.05, 3.63) is 83.5 Å². The summed E-state index contributed by atoms with van der Waals surface area (Å²) in [5.41, 5.74) is 9.43. The number of anilines is 1. The van der Waals surface area contributed by atoms with Crippen LogP contribution >= 0.6 is 22.7 Å². The zero-order valence-corrected chi connectivity index (χ0v) is 22.4. The van der Waals surface area contributed by atoms with Gasteiger partial charge in [0.05, 0.1) is 35.3 Å². The average molecular weight is 530 g/mol. The number of likely N-dealkylation sites (tertiary alicyclic amines) is 1. The highest BCUT2D eigenvalue weighted by atomic mass is 32.1. The van der Waals surface area contributed by atoms with Gasteiger partial charge in [0, 0.05) is 28.7 Å². The van der Waals surface area contributed by atoms with E-state index in [1.165, 1.54) is 39.5 Å². The number of ether oxygens (including phenoxy) is 2. The van der Waals surface area contributed by atoms with Gasteiger partial charge in [0.15, 0.2) is 0 Å². The lowest BCUT2D eigenvalue weighted by Gasteiger charge is -2.33. The first-order valence-electron chi connectivity index (χ1n) is 12.4. The van der Waals surface area contributed by atoms with Crippen molar-refractivity contribution in [2.45, 2.75) is 26.0 Å². The van der Waals surface area contributed by atoms with Gasteiger partial charge in [-0.25, -0.2) is 9.97 Å². The van der Waals surface area contributed by atoms with Crippen molar-refractivity contribution in [2.24, 2.45) is 0 Å². The normalized spacial score (nSPS) is 14.7. The van der Waals surface area contributed by atoms with Gasteiger partial charge < -0.3 is 15.2 Å². The number of nitrogens with two attached hydrogens (primary N) is 1. The summed E-state index contributed by atoms with van der Waals surface area (Å²) < 4.78 is 13.4.